The van der Waals surface area contributed by atoms with Crippen molar-refractivity contribution in [2.24, 2.45) is 4.99 Å². The van der Waals surface area contributed by atoms with Crippen LogP contribution in [-0.4, -0.2) is 23.3 Å². The van der Waals surface area contributed by atoms with Gasteiger partial charge in [0.25, 0.3) is 5.91 Å². The van der Waals surface area contributed by atoms with Crippen LogP contribution in [0.4, 0.5) is 10.1 Å². The predicted molar refractivity (Wildman–Crippen MR) is 96.9 cm³/mol. The number of amides is 1. The van der Waals surface area contributed by atoms with Crippen LogP contribution in [0.5, 0.6) is 11.5 Å². The number of hydrogen-bond acceptors (Lipinski definition) is 5. The first-order valence-electron chi connectivity index (χ1n) is 7.08. The minimum absolute atomic E-state index is 0.106. The second-order valence-electron chi connectivity index (χ2n) is 4.99. The maximum Gasteiger partial charge on any atom is 0.264 e. The highest BCUT2D eigenvalue weighted by Crippen LogP contribution is 2.37. The predicted octanol–water partition coefficient (Wildman–Crippen LogP) is 4.08. The molecule has 0 radical (unpaired) electrons. The average molecular weight is 379 g/mol. The van der Waals surface area contributed by atoms with E-state index in [4.69, 9.17) is 16.3 Å². The summed E-state index contributed by atoms with van der Waals surface area (Å²) in [6.07, 6.45) is 1.58. The number of hydrogen-bond donors (Lipinski definition) is 2. The molecule has 2 N–H and O–H groups in total. The first-order chi connectivity index (χ1) is 12.0. The van der Waals surface area contributed by atoms with Gasteiger partial charge >= 0.3 is 0 Å². The third-order valence-corrected chi connectivity index (χ3v) is 4.49. The number of carbonyl (C=O) groups is 1. The number of halogens is 2. The lowest BCUT2D eigenvalue weighted by Crippen LogP contribution is -2.19. The van der Waals surface area contributed by atoms with Gasteiger partial charge in [0.15, 0.2) is 16.7 Å². The zero-order valence-corrected chi connectivity index (χ0v) is 14.5. The van der Waals surface area contributed by atoms with Crippen LogP contribution in [0.15, 0.2) is 46.3 Å². The van der Waals surface area contributed by atoms with Crippen molar-refractivity contribution in [1.29, 1.82) is 0 Å². The third kappa shape index (κ3) is 3.78. The summed E-state index contributed by atoms with van der Waals surface area (Å²) < 4.78 is 18.7. The van der Waals surface area contributed by atoms with Crippen molar-refractivity contribution >= 4 is 46.2 Å². The van der Waals surface area contributed by atoms with Crippen molar-refractivity contribution in [2.45, 2.75) is 0 Å². The largest absolute Gasteiger partial charge is 0.503 e. The summed E-state index contributed by atoms with van der Waals surface area (Å²) in [5.74, 6) is -0.805. The number of phenolic OH excluding ortho intramolecular Hbond substituents is 1. The molecule has 1 aliphatic rings. The smallest absolute Gasteiger partial charge is 0.264 e. The molecule has 0 aliphatic carbocycles. The monoisotopic (exact) mass is 378 g/mol. The summed E-state index contributed by atoms with van der Waals surface area (Å²) in [5, 5.41) is 12.7. The molecule has 3 rings (SSSR count). The van der Waals surface area contributed by atoms with E-state index in [1.54, 1.807) is 24.3 Å². The summed E-state index contributed by atoms with van der Waals surface area (Å²) >= 11 is 7.02. The first-order valence-corrected chi connectivity index (χ1v) is 8.28. The molecule has 0 spiro atoms. The molecule has 25 heavy (non-hydrogen) atoms. The van der Waals surface area contributed by atoms with Crippen molar-refractivity contribution in [3.8, 4) is 11.5 Å². The Balaban J connectivity index is 1.90. The molecule has 0 bridgehead atoms. The van der Waals surface area contributed by atoms with E-state index < -0.39 is 5.82 Å². The normalized spacial score (nSPS) is 17.2. The molecular formula is C17H12ClFN2O3S. The molecule has 1 fully saturated rings. The molecule has 1 saturated heterocycles. The van der Waals surface area contributed by atoms with Gasteiger partial charge in [0.2, 0.25) is 0 Å². The van der Waals surface area contributed by atoms with Crippen LogP contribution in [0.3, 0.4) is 0 Å². The van der Waals surface area contributed by atoms with Gasteiger partial charge < -0.3 is 15.2 Å². The summed E-state index contributed by atoms with van der Waals surface area (Å²) in [4.78, 5) is 16.5. The summed E-state index contributed by atoms with van der Waals surface area (Å²) in [5.41, 5.74) is 0.713. The highest BCUT2D eigenvalue weighted by atomic mass is 35.5. The van der Waals surface area contributed by atoms with Crippen LogP contribution in [0.2, 0.25) is 5.02 Å². The molecule has 5 nitrogen and oxygen atoms in total. The van der Waals surface area contributed by atoms with E-state index in [2.05, 4.69) is 10.3 Å². The second-order valence-corrected chi connectivity index (χ2v) is 6.42. The molecule has 128 valence electrons. The lowest BCUT2D eigenvalue weighted by Gasteiger charge is -2.06. The second kappa shape index (κ2) is 7.16. The molecule has 0 atom stereocenters. The number of ether oxygens (including phenoxy) is 1. The molecule has 0 saturated carbocycles. The van der Waals surface area contributed by atoms with Gasteiger partial charge in [-0.1, -0.05) is 23.7 Å². The minimum Gasteiger partial charge on any atom is -0.503 e. The van der Waals surface area contributed by atoms with Gasteiger partial charge in [-0.2, -0.15) is 0 Å². The fourth-order valence-electron chi connectivity index (χ4n) is 2.12. The van der Waals surface area contributed by atoms with Crippen LogP contribution in [-0.2, 0) is 4.79 Å². The van der Waals surface area contributed by atoms with Crippen molar-refractivity contribution in [2.75, 3.05) is 7.11 Å². The van der Waals surface area contributed by atoms with E-state index in [0.717, 1.165) is 11.8 Å². The van der Waals surface area contributed by atoms with Crippen molar-refractivity contribution in [3.63, 3.8) is 0 Å². The number of nitrogens with one attached hydrogen (secondary N) is 1. The molecule has 2 aromatic carbocycles. The Morgan fingerprint density at radius 3 is 2.84 bits per heavy atom. The highest BCUT2D eigenvalue weighted by Gasteiger charge is 2.24. The Morgan fingerprint density at radius 1 is 1.36 bits per heavy atom. The fraction of sp³-hybridized carbons (Fsp3) is 0.0588. The Hall–Kier alpha value is -2.51. The van der Waals surface area contributed by atoms with E-state index >= 15 is 0 Å². The maximum absolute atomic E-state index is 13.7. The van der Waals surface area contributed by atoms with E-state index in [9.17, 15) is 14.3 Å². The number of amidine groups is 1. The van der Waals surface area contributed by atoms with Gasteiger partial charge in [0.05, 0.1) is 17.0 Å². The zero-order chi connectivity index (χ0) is 18.0. The van der Waals surface area contributed by atoms with Crippen LogP contribution in [0.1, 0.15) is 5.56 Å². The van der Waals surface area contributed by atoms with Crippen molar-refractivity contribution < 1.29 is 19.0 Å². The summed E-state index contributed by atoms with van der Waals surface area (Å²) in [7, 11) is 1.40. The van der Waals surface area contributed by atoms with Crippen LogP contribution in [0, 0.1) is 5.82 Å². The van der Waals surface area contributed by atoms with E-state index in [-0.39, 0.29) is 33.3 Å². The van der Waals surface area contributed by atoms with Gasteiger partial charge in [-0.3, -0.25) is 4.79 Å². The van der Waals surface area contributed by atoms with Gasteiger partial charge in [0, 0.05) is 0 Å². The number of methoxy groups -OCH3 is 1. The molecular weight excluding hydrogens is 367 g/mol. The number of benzene rings is 2. The van der Waals surface area contributed by atoms with E-state index in [1.807, 2.05) is 0 Å². The SMILES string of the molecule is COc1cc(/C=C2\SC(=Nc3ccccc3F)NC2=O)cc(Cl)c1O. The van der Waals surface area contributed by atoms with Gasteiger partial charge in [0.1, 0.15) is 11.5 Å². The molecule has 1 amide bonds. The number of phenols is 1. The molecule has 2 aromatic rings. The maximum atomic E-state index is 13.7. The first kappa shape index (κ1) is 17.3. The Morgan fingerprint density at radius 2 is 2.12 bits per heavy atom. The molecule has 0 aromatic heterocycles. The zero-order valence-electron chi connectivity index (χ0n) is 12.9. The standard InChI is InChI=1S/C17H12ClFN2O3S/c1-24-13-7-9(6-10(18)15(13)22)8-14-16(23)21-17(25-14)20-12-5-3-2-4-11(12)19/h2-8,22H,1H3,(H,20,21,23)/b14-8-. The third-order valence-electron chi connectivity index (χ3n) is 3.29. The van der Waals surface area contributed by atoms with Gasteiger partial charge in [-0.15, -0.1) is 0 Å². The number of para-hydroxylation sites is 1. The van der Waals surface area contributed by atoms with Crippen LogP contribution < -0.4 is 10.1 Å². The van der Waals surface area contributed by atoms with E-state index in [1.165, 1.54) is 25.3 Å². The highest BCUT2D eigenvalue weighted by molar-refractivity contribution is 8.18. The van der Waals surface area contributed by atoms with Crippen LogP contribution in [0.25, 0.3) is 6.08 Å². The number of nitrogens with zero attached hydrogens (tertiary/aromatic N) is 1. The lowest BCUT2D eigenvalue weighted by atomic mass is 10.2. The fourth-order valence-corrected chi connectivity index (χ4v) is 3.17. The van der Waals surface area contributed by atoms with Crippen molar-refractivity contribution in [1.82, 2.24) is 5.32 Å². The number of aliphatic imine (C=N–C) groups is 1. The Bertz CT molecular complexity index is 915. The summed E-state index contributed by atoms with van der Waals surface area (Å²) in [6, 6.07) is 9.09. The Labute approximate surface area is 152 Å². The van der Waals surface area contributed by atoms with Crippen LogP contribution >= 0.6 is 23.4 Å². The lowest BCUT2D eigenvalue weighted by molar-refractivity contribution is -0.115. The molecule has 0 unspecified atom stereocenters. The molecule has 1 aliphatic heterocycles. The molecule has 1 heterocycles. The number of rotatable bonds is 3. The van der Waals surface area contributed by atoms with Gasteiger partial charge in [-0.25, -0.2) is 9.38 Å². The number of thioether (sulfide) groups is 1. The Kier molecular flexibility index (Phi) is 4.96. The molecule has 8 heteroatoms. The number of aromatic hydroxyl groups is 1. The quantitative estimate of drug-likeness (QED) is 0.789. The van der Waals surface area contributed by atoms with Gasteiger partial charge in [-0.05, 0) is 47.7 Å². The summed E-state index contributed by atoms with van der Waals surface area (Å²) in [6.45, 7) is 0. The average Bonchev–Trinajstić information content (AvgIpc) is 2.92. The minimum atomic E-state index is -0.475. The number of carbonyl (C=O) groups excluding carboxylic acids is 1. The van der Waals surface area contributed by atoms with E-state index in [0.29, 0.717) is 10.5 Å². The van der Waals surface area contributed by atoms with Crippen molar-refractivity contribution in [3.05, 3.63) is 57.7 Å². The topological polar surface area (TPSA) is 70.9 Å².